The van der Waals surface area contributed by atoms with Crippen LogP contribution in [0.15, 0.2) is 94.4 Å². The minimum atomic E-state index is -0.662. The summed E-state index contributed by atoms with van der Waals surface area (Å²) < 4.78 is 27.9. The first-order chi connectivity index (χ1) is 24.8. The van der Waals surface area contributed by atoms with Gasteiger partial charge in [-0.05, 0) is 59.2 Å². The minimum Gasteiger partial charge on any atom is -0.424 e. The zero-order valence-electron chi connectivity index (χ0n) is 27.4. The molecule has 51 heavy (non-hydrogen) atoms. The van der Waals surface area contributed by atoms with Gasteiger partial charge in [0.15, 0.2) is 5.58 Å². The molecule has 3 N–H and O–H groups in total. The first-order valence-corrected chi connectivity index (χ1v) is 16.2. The van der Waals surface area contributed by atoms with Gasteiger partial charge in [0.25, 0.3) is 23.4 Å². The Hall–Kier alpha value is -6.41. The number of nitrogens with one attached hydrogen (secondary N) is 1. The fraction of sp³-hybridized carbons (Fsp3) is 0.189. The van der Waals surface area contributed by atoms with Crippen LogP contribution in [0.2, 0.25) is 0 Å². The summed E-state index contributed by atoms with van der Waals surface area (Å²) in [6.07, 6.45) is 3.65. The lowest BCUT2D eigenvalue weighted by Gasteiger charge is -2.41. The smallest absolute Gasteiger partial charge is 0.292 e. The van der Waals surface area contributed by atoms with Crippen molar-refractivity contribution in [3.63, 3.8) is 0 Å². The molecule has 1 atom stereocenters. The molecule has 1 aliphatic rings. The number of hydrogen-bond donors (Lipinski definition) is 2. The van der Waals surface area contributed by atoms with Gasteiger partial charge in [-0.15, -0.1) is 0 Å². The van der Waals surface area contributed by atoms with E-state index in [1.54, 1.807) is 44.5 Å². The second-order valence-corrected chi connectivity index (χ2v) is 12.4. The number of nitrogen functional groups attached to an aromatic ring is 1. The second-order valence-electron chi connectivity index (χ2n) is 12.4. The van der Waals surface area contributed by atoms with E-state index < -0.39 is 17.8 Å². The largest absolute Gasteiger partial charge is 0.424 e. The third-order valence-electron chi connectivity index (χ3n) is 9.26. The van der Waals surface area contributed by atoms with Crippen LogP contribution in [0.3, 0.4) is 0 Å². The molecule has 1 fully saturated rings. The summed E-state index contributed by atoms with van der Waals surface area (Å²) in [6.45, 7) is 0.689. The number of hydrogen-bond acceptors (Lipinski definition) is 9. The number of aromatic nitrogens is 5. The SMILES string of the molecule is COCC1CN(C(=O)c2cnc3ccc(-c4ccc5oc(N)nc5c4)cn23)CCN1C(=O)c1cc(Cc2n[nH]c(=O)c3ccccc23)ccc1F. The third kappa shape index (κ3) is 5.84. The highest BCUT2D eigenvalue weighted by Crippen LogP contribution is 2.27. The fourth-order valence-electron chi connectivity index (χ4n) is 6.74. The van der Waals surface area contributed by atoms with E-state index >= 15 is 4.39 Å². The van der Waals surface area contributed by atoms with Gasteiger partial charge in [-0.2, -0.15) is 10.1 Å². The number of ether oxygens (including phenoxy) is 1. The number of fused-ring (bicyclic) bond motifs is 3. The summed E-state index contributed by atoms with van der Waals surface area (Å²) >= 11 is 0. The highest BCUT2D eigenvalue weighted by atomic mass is 19.1. The molecule has 0 saturated carbocycles. The predicted octanol–water partition coefficient (Wildman–Crippen LogP) is 4.30. The van der Waals surface area contributed by atoms with Crippen LogP contribution >= 0.6 is 0 Å². The molecule has 0 aliphatic carbocycles. The Kier molecular flexibility index (Phi) is 7.99. The number of imidazole rings is 1. The van der Waals surface area contributed by atoms with Crippen molar-refractivity contribution < 1.29 is 23.1 Å². The van der Waals surface area contributed by atoms with E-state index in [0.29, 0.717) is 44.5 Å². The molecule has 3 aromatic carbocycles. The molecular formula is C37H31FN8O5. The van der Waals surface area contributed by atoms with Crippen LogP contribution < -0.4 is 11.3 Å². The number of anilines is 1. The lowest BCUT2D eigenvalue weighted by molar-refractivity contribution is 0.0195. The molecule has 5 heterocycles. The van der Waals surface area contributed by atoms with Crippen LogP contribution in [0.5, 0.6) is 0 Å². The van der Waals surface area contributed by atoms with Crippen LogP contribution in [0.25, 0.3) is 38.6 Å². The Labute approximate surface area is 289 Å². The van der Waals surface area contributed by atoms with Crippen molar-refractivity contribution >= 4 is 45.3 Å². The van der Waals surface area contributed by atoms with Gasteiger partial charge in [0, 0.05) is 44.7 Å². The zero-order chi connectivity index (χ0) is 35.2. The summed E-state index contributed by atoms with van der Waals surface area (Å²) in [5.74, 6) is -1.43. The van der Waals surface area contributed by atoms with E-state index in [0.717, 1.165) is 11.1 Å². The molecule has 256 valence electrons. The quantitative estimate of drug-likeness (QED) is 0.249. The van der Waals surface area contributed by atoms with Crippen LogP contribution in [0.4, 0.5) is 10.4 Å². The molecule has 7 aromatic rings. The summed E-state index contributed by atoms with van der Waals surface area (Å²) in [6, 6.07) is 20.3. The Morgan fingerprint density at radius 2 is 1.84 bits per heavy atom. The topological polar surface area (TPSA) is 165 Å². The fourth-order valence-corrected chi connectivity index (χ4v) is 6.74. The number of amides is 2. The van der Waals surface area contributed by atoms with Crippen molar-refractivity contribution in [3.05, 3.63) is 124 Å². The van der Waals surface area contributed by atoms with Crippen molar-refractivity contribution in [2.75, 3.05) is 39.1 Å². The predicted molar refractivity (Wildman–Crippen MR) is 187 cm³/mol. The van der Waals surface area contributed by atoms with Crippen LogP contribution in [-0.4, -0.2) is 85.6 Å². The number of nitrogens with zero attached hydrogens (tertiary/aromatic N) is 6. The minimum absolute atomic E-state index is 0.0846. The summed E-state index contributed by atoms with van der Waals surface area (Å²) in [5, 5.41) is 7.92. The number of carbonyl (C=O) groups is 2. The van der Waals surface area contributed by atoms with Crippen molar-refractivity contribution in [3.8, 4) is 11.1 Å². The van der Waals surface area contributed by atoms with Gasteiger partial charge in [-0.1, -0.05) is 30.3 Å². The Morgan fingerprint density at radius 3 is 2.69 bits per heavy atom. The number of piperazine rings is 1. The summed E-state index contributed by atoms with van der Waals surface area (Å²) in [7, 11) is 1.52. The maximum Gasteiger partial charge on any atom is 0.292 e. The molecular weight excluding hydrogens is 655 g/mol. The molecule has 14 heteroatoms. The average Bonchev–Trinajstić information content (AvgIpc) is 3.75. The van der Waals surface area contributed by atoms with E-state index in [9.17, 15) is 14.4 Å². The Bertz CT molecular complexity index is 2540. The standard InChI is InChI=1S/C37H31FN8O5/c1-50-20-24-19-44(36(49)31-17-40-33-11-8-23(18-46(31)33)22-7-10-32-30(16-22)41-37(39)51-32)12-13-45(24)35(48)27-14-21(6-9-28(27)38)15-29-25-4-2-3-5-26(25)34(47)43-42-29/h2-11,14,16-18,24H,12-13,15,19-20H2,1H3,(H2,39,41)(H,43,47). The van der Waals surface area contributed by atoms with Gasteiger partial charge in [-0.25, -0.2) is 14.5 Å². The number of rotatable bonds is 7. The van der Waals surface area contributed by atoms with Gasteiger partial charge in [0.1, 0.15) is 22.7 Å². The van der Waals surface area contributed by atoms with E-state index in [1.807, 2.05) is 36.5 Å². The van der Waals surface area contributed by atoms with Crippen molar-refractivity contribution in [1.29, 1.82) is 0 Å². The Morgan fingerprint density at radius 1 is 1.02 bits per heavy atom. The van der Waals surface area contributed by atoms with E-state index in [-0.39, 0.29) is 55.7 Å². The number of oxazole rings is 1. The number of H-pyrrole nitrogens is 1. The van der Waals surface area contributed by atoms with Crippen molar-refractivity contribution in [1.82, 2.24) is 34.4 Å². The third-order valence-corrected chi connectivity index (χ3v) is 9.26. The lowest BCUT2D eigenvalue weighted by atomic mass is 10.0. The number of nitrogens with two attached hydrogens (primary N) is 1. The molecule has 0 radical (unpaired) electrons. The zero-order valence-corrected chi connectivity index (χ0v) is 27.4. The van der Waals surface area contributed by atoms with Gasteiger partial charge in [-0.3, -0.25) is 18.8 Å². The van der Waals surface area contributed by atoms with Gasteiger partial charge in [0.05, 0.1) is 35.5 Å². The average molecular weight is 687 g/mol. The molecule has 0 spiro atoms. The van der Waals surface area contributed by atoms with Crippen molar-refractivity contribution in [2.24, 2.45) is 0 Å². The molecule has 8 rings (SSSR count). The van der Waals surface area contributed by atoms with Crippen LogP contribution in [0, 0.1) is 5.82 Å². The van der Waals surface area contributed by atoms with E-state index in [4.69, 9.17) is 14.9 Å². The summed E-state index contributed by atoms with van der Waals surface area (Å²) in [5.41, 5.74) is 10.4. The maximum atomic E-state index is 15.3. The number of pyridine rings is 1. The molecule has 1 saturated heterocycles. The monoisotopic (exact) mass is 686 g/mol. The molecule has 1 aliphatic heterocycles. The molecule has 0 bridgehead atoms. The normalized spacial score (nSPS) is 14.9. The highest BCUT2D eigenvalue weighted by molar-refractivity contribution is 5.96. The number of aromatic amines is 1. The van der Waals surface area contributed by atoms with Gasteiger partial charge >= 0.3 is 0 Å². The number of halogens is 1. The Balaban J connectivity index is 1.03. The van der Waals surface area contributed by atoms with Gasteiger partial charge in [0.2, 0.25) is 0 Å². The van der Waals surface area contributed by atoms with Gasteiger partial charge < -0.3 is 24.7 Å². The molecule has 2 amide bonds. The summed E-state index contributed by atoms with van der Waals surface area (Å²) in [4.78, 5) is 52.1. The van der Waals surface area contributed by atoms with E-state index in [2.05, 4.69) is 20.2 Å². The molecule has 4 aromatic heterocycles. The number of benzene rings is 3. The first-order valence-electron chi connectivity index (χ1n) is 16.2. The lowest BCUT2D eigenvalue weighted by Crippen LogP contribution is -2.58. The highest BCUT2D eigenvalue weighted by Gasteiger charge is 2.35. The second kappa shape index (κ2) is 12.8. The van der Waals surface area contributed by atoms with E-state index in [1.165, 1.54) is 25.4 Å². The van der Waals surface area contributed by atoms with Crippen molar-refractivity contribution in [2.45, 2.75) is 12.5 Å². The maximum absolute atomic E-state index is 15.3. The first kappa shape index (κ1) is 31.8. The number of carbonyl (C=O) groups excluding carboxylic acids is 2. The molecule has 13 nitrogen and oxygen atoms in total. The van der Waals surface area contributed by atoms with Crippen LogP contribution in [0.1, 0.15) is 32.1 Å². The number of methoxy groups -OCH3 is 1. The van der Waals surface area contributed by atoms with Crippen LogP contribution in [-0.2, 0) is 11.2 Å². The molecule has 1 unspecified atom stereocenters.